The van der Waals surface area contributed by atoms with Crippen LogP contribution in [-0.2, 0) is 11.3 Å². The maximum Gasteiger partial charge on any atom is 0.117 e. The summed E-state index contributed by atoms with van der Waals surface area (Å²) in [6, 6.07) is 3.98. The van der Waals surface area contributed by atoms with Crippen LogP contribution in [0.1, 0.15) is 65.6 Å². The molecule has 132 valence electrons. The van der Waals surface area contributed by atoms with Gasteiger partial charge in [-0.1, -0.05) is 20.3 Å². The molecule has 0 amide bonds. The predicted octanol–water partition coefficient (Wildman–Crippen LogP) is 5.02. The topological polar surface area (TPSA) is 34.4 Å². The van der Waals surface area contributed by atoms with Crippen molar-refractivity contribution in [2.24, 2.45) is 17.8 Å². The van der Waals surface area contributed by atoms with Crippen LogP contribution in [0.3, 0.4) is 0 Å². The van der Waals surface area contributed by atoms with Crippen LogP contribution in [0.2, 0.25) is 0 Å². The van der Waals surface area contributed by atoms with E-state index in [1.807, 2.05) is 12.1 Å². The maximum absolute atomic E-state index is 5.92. The molecule has 0 saturated carbocycles. The minimum absolute atomic E-state index is 0.0561. The van der Waals surface area contributed by atoms with Gasteiger partial charge in [-0.3, -0.25) is 0 Å². The van der Waals surface area contributed by atoms with E-state index in [9.17, 15) is 0 Å². The first kappa shape index (κ1) is 18.5. The zero-order valence-corrected chi connectivity index (χ0v) is 15.4. The highest BCUT2D eigenvalue weighted by atomic mass is 16.5. The molecule has 3 heteroatoms. The number of rotatable bonds is 9. The first-order valence-corrected chi connectivity index (χ1v) is 9.33. The second kappa shape index (κ2) is 8.89. The highest BCUT2D eigenvalue weighted by molar-refractivity contribution is 4.97. The zero-order valence-electron chi connectivity index (χ0n) is 15.4. The van der Waals surface area contributed by atoms with Crippen molar-refractivity contribution in [3.63, 3.8) is 0 Å². The number of ether oxygens (including phenoxy) is 1. The van der Waals surface area contributed by atoms with Crippen molar-refractivity contribution in [1.82, 2.24) is 5.32 Å². The molecule has 1 aromatic heterocycles. The van der Waals surface area contributed by atoms with E-state index in [1.54, 1.807) is 6.26 Å². The van der Waals surface area contributed by atoms with E-state index in [-0.39, 0.29) is 5.60 Å². The van der Waals surface area contributed by atoms with Crippen LogP contribution in [0.15, 0.2) is 22.8 Å². The molecule has 1 fully saturated rings. The lowest BCUT2D eigenvalue weighted by Gasteiger charge is -2.39. The second-order valence-corrected chi connectivity index (χ2v) is 8.14. The zero-order chi connectivity index (χ0) is 16.7. The molecule has 1 aliphatic rings. The summed E-state index contributed by atoms with van der Waals surface area (Å²) < 4.78 is 11.3. The summed E-state index contributed by atoms with van der Waals surface area (Å²) in [6.07, 6.45) is 8.11. The van der Waals surface area contributed by atoms with Gasteiger partial charge in [0.25, 0.3) is 0 Å². The summed E-state index contributed by atoms with van der Waals surface area (Å²) in [7, 11) is 0. The van der Waals surface area contributed by atoms with Gasteiger partial charge in [0.15, 0.2) is 0 Å². The van der Waals surface area contributed by atoms with E-state index < -0.39 is 0 Å². The molecule has 1 aromatic rings. The summed E-state index contributed by atoms with van der Waals surface area (Å²) in [6.45, 7) is 12.0. The molecule has 0 bridgehead atoms. The fourth-order valence-corrected chi connectivity index (χ4v) is 3.76. The summed E-state index contributed by atoms with van der Waals surface area (Å²) in [5.41, 5.74) is 0.0561. The van der Waals surface area contributed by atoms with Crippen molar-refractivity contribution < 1.29 is 9.15 Å². The van der Waals surface area contributed by atoms with Crippen LogP contribution in [0, 0.1) is 17.8 Å². The normalized spacial score (nSPS) is 22.4. The lowest BCUT2D eigenvalue weighted by Crippen LogP contribution is -2.37. The van der Waals surface area contributed by atoms with Gasteiger partial charge in [-0.2, -0.15) is 0 Å². The van der Waals surface area contributed by atoms with Crippen LogP contribution < -0.4 is 5.32 Å². The summed E-state index contributed by atoms with van der Waals surface area (Å²) in [5, 5.41) is 3.54. The molecule has 0 unspecified atom stereocenters. The van der Waals surface area contributed by atoms with Gasteiger partial charge in [-0.25, -0.2) is 0 Å². The van der Waals surface area contributed by atoms with Crippen molar-refractivity contribution in [2.75, 3.05) is 13.2 Å². The largest absolute Gasteiger partial charge is 0.468 e. The van der Waals surface area contributed by atoms with Gasteiger partial charge < -0.3 is 14.5 Å². The molecule has 3 nitrogen and oxygen atoms in total. The molecule has 1 N–H and O–H groups in total. The summed E-state index contributed by atoms with van der Waals surface area (Å²) in [4.78, 5) is 0. The Morgan fingerprint density at radius 2 is 2.09 bits per heavy atom. The Morgan fingerprint density at radius 3 is 2.74 bits per heavy atom. The van der Waals surface area contributed by atoms with Gasteiger partial charge >= 0.3 is 0 Å². The van der Waals surface area contributed by atoms with E-state index in [4.69, 9.17) is 9.15 Å². The molecule has 0 radical (unpaired) electrons. The Bertz CT molecular complexity index is 425. The van der Waals surface area contributed by atoms with Crippen molar-refractivity contribution in [2.45, 2.75) is 71.9 Å². The maximum atomic E-state index is 5.92. The predicted molar refractivity (Wildman–Crippen MR) is 95.3 cm³/mol. The van der Waals surface area contributed by atoms with Gasteiger partial charge in [0.1, 0.15) is 5.76 Å². The SMILES string of the molecule is CC(C)CC[C@@H](CCNCc1ccco1)[C@@H]1CCOC(C)(C)C1. The number of hydrogen-bond acceptors (Lipinski definition) is 3. The average Bonchev–Trinajstić information content (AvgIpc) is 2.98. The Kier molecular flexibility index (Phi) is 7.16. The summed E-state index contributed by atoms with van der Waals surface area (Å²) >= 11 is 0. The lowest BCUT2D eigenvalue weighted by atomic mass is 9.75. The minimum Gasteiger partial charge on any atom is -0.468 e. The first-order chi connectivity index (χ1) is 11.0. The molecular weight excluding hydrogens is 286 g/mol. The monoisotopic (exact) mass is 321 g/mol. The highest BCUT2D eigenvalue weighted by Gasteiger charge is 2.33. The Morgan fingerprint density at radius 1 is 1.26 bits per heavy atom. The van der Waals surface area contributed by atoms with Crippen LogP contribution in [0.5, 0.6) is 0 Å². The Labute approximate surface area is 142 Å². The quantitative estimate of drug-likeness (QED) is 0.649. The molecular formula is C20H35NO2. The molecule has 2 rings (SSSR count). The van der Waals surface area contributed by atoms with Gasteiger partial charge in [-0.05, 0) is 76.0 Å². The molecule has 2 atom stereocenters. The van der Waals surface area contributed by atoms with Crippen molar-refractivity contribution >= 4 is 0 Å². The van der Waals surface area contributed by atoms with Crippen LogP contribution >= 0.6 is 0 Å². The van der Waals surface area contributed by atoms with Gasteiger partial charge in [0.05, 0.1) is 18.4 Å². The van der Waals surface area contributed by atoms with Gasteiger partial charge in [-0.15, -0.1) is 0 Å². The lowest BCUT2D eigenvalue weighted by molar-refractivity contribution is -0.0839. The molecule has 0 aliphatic carbocycles. The van der Waals surface area contributed by atoms with E-state index in [0.29, 0.717) is 0 Å². The molecule has 0 aromatic carbocycles. The van der Waals surface area contributed by atoms with Crippen molar-refractivity contribution in [1.29, 1.82) is 0 Å². The van der Waals surface area contributed by atoms with Crippen molar-refractivity contribution in [3.8, 4) is 0 Å². The van der Waals surface area contributed by atoms with Gasteiger partial charge in [0.2, 0.25) is 0 Å². The van der Waals surface area contributed by atoms with Crippen LogP contribution in [0.25, 0.3) is 0 Å². The van der Waals surface area contributed by atoms with E-state index in [0.717, 1.165) is 43.2 Å². The molecule has 1 saturated heterocycles. The number of nitrogens with one attached hydrogen (secondary N) is 1. The van der Waals surface area contributed by atoms with Gasteiger partial charge in [0, 0.05) is 6.61 Å². The molecule has 23 heavy (non-hydrogen) atoms. The molecule has 1 aliphatic heterocycles. The first-order valence-electron chi connectivity index (χ1n) is 9.33. The third kappa shape index (κ3) is 6.68. The summed E-state index contributed by atoms with van der Waals surface area (Å²) in [5.74, 6) is 3.44. The molecule has 0 spiro atoms. The fraction of sp³-hybridized carbons (Fsp3) is 0.800. The fourth-order valence-electron chi connectivity index (χ4n) is 3.76. The van der Waals surface area contributed by atoms with Crippen molar-refractivity contribution in [3.05, 3.63) is 24.2 Å². The number of furan rings is 1. The van der Waals surface area contributed by atoms with E-state index in [2.05, 4.69) is 33.0 Å². The third-order valence-corrected chi connectivity index (χ3v) is 5.09. The Hall–Kier alpha value is -0.800. The van der Waals surface area contributed by atoms with E-state index in [1.165, 1.54) is 32.1 Å². The van der Waals surface area contributed by atoms with E-state index >= 15 is 0 Å². The third-order valence-electron chi connectivity index (χ3n) is 5.09. The second-order valence-electron chi connectivity index (χ2n) is 8.14. The van der Waals surface area contributed by atoms with Crippen LogP contribution in [-0.4, -0.2) is 18.8 Å². The van der Waals surface area contributed by atoms with Crippen LogP contribution in [0.4, 0.5) is 0 Å². The standard InChI is InChI=1S/C20H35NO2/c1-16(2)7-8-17(18-10-13-23-20(3,4)14-18)9-11-21-15-19-6-5-12-22-19/h5-6,12,16-18,21H,7-11,13-15H2,1-4H3/t17-,18+/m0/s1. The smallest absolute Gasteiger partial charge is 0.117 e. The molecule has 2 heterocycles. The number of hydrogen-bond donors (Lipinski definition) is 1. The Balaban J connectivity index is 1.80. The highest BCUT2D eigenvalue weighted by Crippen LogP contribution is 2.37. The minimum atomic E-state index is 0.0561. The average molecular weight is 322 g/mol.